The highest BCUT2D eigenvalue weighted by molar-refractivity contribution is 5.23. The lowest BCUT2D eigenvalue weighted by molar-refractivity contribution is 0.595. The summed E-state index contributed by atoms with van der Waals surface area (Å²) < 4.78 is 0. The van der Waals surface area contributed by atoms with Gasteiger partial charge in [-0.2, -0.15) is 0 Å². The van der Waals surface area contributed by atoms with E-state index in [9.17, 15) is 0 Å². The molecule has 0 radical (unpaired) electrons. The molecular formula is C15H25N. The topological polar surface area (TPSA) is 26.0 Å². The summed E-state index contributed by atoms with van der Waals surface area (Å²) in [5, 5.41) is 0. The molecule has 1 aromatic carbocycles. The molecule has 0 aliphatic heterocycles. The van der Waals surface area contributed by atoms with E-state index in [0.29, 0.717) is 6.04 Å². The first-order chi connectivity index (χ1) is 7.61. The first-order valence-electron chi connectivity index (χ1n) is 6.45. The lowest BCUT2D eigenvalue weighted by Crippen LogP contribution is -2.19. The minimum Gasteiger partial charge on any atom is -0.328 e. The second kappa shape index (κ2) is 6.70. The Morgan fingerprint density at radius 3 is 2.12 bits per heavy atom. The van der Waals surface area contributed by atoms with Gasteiger partial charge in [-0.25, -0.2) is 0 Å². The molecule has 0 heterocycles. The average molecular weight is 219 g/mol. The predicted molar refractivity (Wildman–Crippen MR) is 71.6 cm³/mol. The highest BCUT2D eigenvalue weighted by Gasteiger charge is 2.01. The van der Waals surface area contributed by atoms with Gasteiger partial charge >= 0.3 is 0 Å². The molecule has 0 fully saturated rings. The number of aryl methyl sites for hydroxylation is 1. The van der Waals surface area contributed by atoms with E-state index in [0.717, 1.165) is 25.2 Å². The summed E-state index contributed by atoms with van der Waals surface area (Å²) >= 11 is 0. The number of hydrogen-bond acceptors (Lipinski definition) is 1. The van der Waals surface area contributed by atoms with E-state index < -0.39 is 0 Å². The zero-order valence-electron chi connectivity index (χ0n) is 10.9. The fourth-order valence-corrected chi connectivity index (χ4v) is 1.87. The summed E-state index contributed by atoms with van der Waals surface area (Å²) in [6.07, 6.45) is 4.46. The van der Waals surface area contributed by atoms with E-state index in [1.165, 1.54) is 17.5 Å². The molecular weight excluding hydrogens is 194 g/mol. The summed E-state index contributed by atoms with van der Waals surface area (Å²) in [5.74, 6) is 0.736. The van der Waals surface area contributed by atoms with Crippen molar-refractivity contribution in [2.75, 3.05) is 0 Å². The second-order valence-corrected chi connectivity index (χ2v) is 5.12. The van der Waals surface area contributed by atoms with Crippen LogP contribution in [0.3, 0.4) is 0 Å². The van der Waals surface area contributed by atoms with Crippen LogP contribution in [0.5, 0.6) is 0 Å². The molecule has 16 heavy (non-hydrogen) atoms. The van der Waals surface area contributed by atoms with Crippen molar-refractivity contribution in [1.82, 2.24) is 0 Å². The maximum absolute atomic E-state index is 5.92. The van der Waals surface area contributed by atoms with Crippen molar-refractivity contribution >= 4 is 0 Å². The van der Waals surface area contributed by atoms with E-state index in [2.05, 4.69) is 45.0 Å². The fraction of sp³-hybridized carbons (Fsp3) is 0.600. The van der Waals surface area contributed by atoms with Gasteiger partial charge in [0, 0.05) is 6.04 Å². The Morgan fingerprint density at radius 2 is 1.62 bits per heavy atom. The molecule has 2 N–H and O–H groups in total. The monoisotopic (exact) mass is 219 g/mol. The van der Waals surface area contributed by atoms with Crippen LogP contribution in [-0.4, -0.2) is 6.04 Å². The van der Waals surface area contributed by atoms with E-state index in [-0.39, 0.29) is 0 Å². The molecule has 1 nitrogen and oxygen atoms in total. The molecule has 0 aliphatic carbocycles. The highest BCUT2D eigenvalue weighted by atomic mass is 14.6. The van der Waals surface area contributed by atoms with Gasteiger partial charge in [0.2, 0.25) is 0 Å². The van der Waals surface area contributed by atoms with Gasteiger partial charge in [0.15, 0.2) is 0 Å². The molecule has 0 saturated heterocycles. The van der Waals surface area contributed by atoms with Crippen molar-refractivity contribution in [3.63, 3.8) is 0 Å². The zero-order chi connectivity index (χ0) is 12.0. The molecule has 0 aromatic heterocycles. The molecule has 1 rings (SSSR count). The van der Waals surface area contributed by atoms with E-state index in [4.69, 9.17) is 5.73 Å². The van der Waals surface area contributed by atoms with Crippen LogP contribution in [0.15, 0.2) is 24.3 Å². The SMILES string of the molecule is CCC(N)CCc1ccc(CC(C)C)cc1. The highest BCUT2D eigenvalue weighted by Crippen LogP contribution is 2.11. The molecule has 0 amide bonds. The maximum atomic E-state index is 5.92. The van der Waals surface area contributed by atoms with Gasteiger partial charge in [-0.1, -0.05) is 45.0 Å². The largest absolute Gasteiger partial charge is 0.328 e. The van der Waals surface area contributed by atoms with Crippen molar-refractivity contribution in [2.45, 2.75) is 52.5 Å². The van der Waals surface area contributed by atoms with Crippen LogP contribution < -0.4 is 5.73 Å². The average Bonchev–Trinajstić information content (AvgIpc) is 2.27. The molecule has 0 bridgehead atoms. The normalized spacial score (nSPS) is 13.1. The number of benzene rings is 1. The molecule has 1 heteroatoms. The molecule has 1 unspecified atom stereocenters. The van der Waals surface area contributed by atoms with Gasteiger partial charge in [-0.3, -0.25) is 0 Å². The van der Waals surface area contributed by atoms with Crippen LogP contribution in [-0.2, 0) is 12.8 Å². The van der Waals surface area contributed by atoms with Crippen LogP contribution in [0.1, 0.15) is 44.7 Å². The lowest BCUT2D eigenvalue weighted by atomic mass is 9.99. The van der Waals surface area contributed by atoms with Crippen molar-refractivity contribution in [3.8, 4) is 0 Å². The number of nitrogens with two attached hydrogens (primary N) is 1. The van der Waals surface area contributed by atoms with Gasteiger partial charge in [0.25, 0.3) is 0 Å². The molecule has 90 valence electrons. The van der Waals surface area contributed by atoms with Crippen molar-refractivity contribution in [2.24, 2.45) is 11.7 Å². The van der Waals surface area contributed by atoms with Crippen LogP contribution in [0.4, 0.5) is 0 Å². The van der Waals surface area contributed by atoms with Gasteiger partial charge in [0.05, 0.1) is 0 Å². The quantitative estimate of drug-likeness (QED) is 0.778. The first kappa shape index (κ1) is 13.2. The van der Waals surface area contributed by atoms with Gasteiger partial charge in [-0.15, -0.1) is 0 Å². The molecule has 0 saturated carbocycles. The van der Waals surface area contributed by atoms with E-state index >= 15 is 0 Å². The van der Waals surface area contributed by atoms with Crippen LogP contribution in [0.25, 0.3) is 0 Å². The molecule has 1 atom stereocenters. The Kier molecular flexibility index (Phi) is 5.54. The molecule has 0 spiro atoms. The van der Waals surface area contributed by atoms with Crippen LogP contribution >= 0.6 is 0 Å². The van der Waals surface area contributed by atoms with Gasteiger partial charge in [0.1, 0.15) is 0 Å². The fourth-order valence-electron chi connectivity index (χ4n) is 1.87. The Balaban J connectivity index is 2.45. The van der Waals surface area contributed by atoms with Crippen LogP contribution in [0, 0.1) is 5.92 Å². The summed E-state index contributed by atoms with van der Waals surface area (Å²) in [5.41, 5.74) is 8.77. The third kappa shape index (κ3) is 4.80. The third-order valence-electron chi connectivity index (χ3n) is 3.00. The summed E-state index contributed by atoms with van der Waals surface area (Å²) in [6.45, 7) is 6.67. The Bertz CT molecular complexity index is 287. The van der Waals surface area contributed by atoms with Crippen LogP contribution in [0.2, 0.25) is 0 Å². The second-order valence-electron chi connectivity index (χ2n) is 5.12. The van der Waals surface area contributed by atoms with Crippen molar-refractivity contribution in [1.29, 1.82) is 0 Å². The molecule has 0 aliphatic rings. The van der Waals surface area contributed by atoms with Gasteiger partial charge in [-0.05, 0) is 42.7 Å². The Hall–Kier alpha value is -0.820. The zero-order valence-corrected chi connectivity index (χ0v) is 10.9. The van der Waals surface area contributed by atoms with E-state index in [1.807, 2.05) is 0 Å². The van der Waals surface area contributed by atoms with Gasteiger partial charge < -0.3 is 5.73 Å². The van der Waals surface area contributed by atoms with Crippen molar-refractivity contribution in [3.05, 3.63) is 35.4 Å². The summed E-state index contributed by atoms with van der Waals surface area (Å²) in [4.78, 5) is 0. The summed E-state index contributed by atoms with van der Waals surface area (Å²) in [6, 6.07) is 9.37. The van der Waals surface area contributed by atoms with Crippen molar-refractivity contribution < 1.29 is 0 Å². The smallest absolute Gasteiger partial charge is 0.00393 e. The lowest BCUT2D eigenvalue weighted by Gasteiger charge is -2.09. The minimum absolute atomic E-state index is 0.357. The first-order valence-corrected chi connectivity index (χ1v) is 6.45. The standard InChI is InChI=1S/C15H25N/c1-4-15(16)10-9-13-5-7-14(8-6-13)11-12(2)3/h5-8,12,15H,4,9-11,16H2,1-3H3. The molecule has 1 aromatic rings. The van der Waals surface area contributed by atoms with E-state index in [1.54, 1.807) is 0 Å². The summed E-state index contributed by atoms with van der Waals surface area (Å²) in [7, 11) is 0. The number of rotatable bonds is 6. The Morgan fingerprint density at radius 1 is 1.06 bits per heavy atom. The predicted octanol–water partition coefficient (Wildman–Crippen LogP) is 3.56. The third-order valence-corrected chi connectivity index (χ3v) is 3.00. The maximum Gasteiger partial charge on any atom is 0.00393 e. The number of hydrogen-bond donors (Lipinski definition) is 1. The minimum atomic E-state index is 0.357. The Labute approximate surface area is 100 Å².